The zero-order valence-corrected chi connectivity index (χ0v) is 23.8. The molecule has 11 heteroatoms. The Balaban J connectivity index is 1.56. The molecule has 34 heavy (non-hydrogen) atoms. The van der Waals surface area contributed by atoms with Crippen molar-refractivity contribution in [1.29, 1.82) is 0 Å². The highest BCUT2D eigenvalue weighted by Gasteiger charge is 2.25. The molecule has 3 aromatic carbocycles. The molecule has 0 saturated carbocycles. The molecule has 6 nitrogen and oxygen atoms in total. The van der Waals surface area contributed by atoms with Crippen molar-refractivity contribution in [2.75, 3.05) is 0 Å². The molecular formula is C23H15Br3N2O4S2. The first-order valence-electron chi connectivity index (χ1n) is 9.66. The van der Waals surface area contributed by atoms with Crippen LogP contribution < -0.4 is 9.50 Å². The van der Waals surface area contributed by atoms with E-state index in [-0.39, 0.29) is 16.6 Å². The van der Waals surface area contributed by atoms with Crippen LogP contribution in [0, 0.1) is 6.92 Å². The zero-order valence-electron chi connectivity index (χ0n) is 17.4. The molecule has 1 saturated heterocycles. The minimum atomic E-state index is -4.02. The SMILES string of the molecule is Cc1ccc(S(=O)(=O)Oc2c(Br)cc(/C=C3\SC(=Nc4ccc(Br)cc4)NC3=O)cc2Br)cc1. The maximum absolute atomic E-state index is 12.7. The van der Waals surface area contributed by atoms with Gasteiger partial charge < -0.3 is 9.50 Å². The Morgan fingerprint density at radius 2 is 1.59 bits per heavy atom. The lowest BCUT2D eigenvalue weighted by Crippen LogP contribution is -2.19. The number of halogens is 3. The second kappa shape index (κ2) is 10.4. The van der Waals surface area contributed by atoms with Gasteiger partial charge in [0.2, 0.25) is 0 Å². The molecule has 174 valence electrons. The molecule has 1 N–H and O–H groups in total. The number of nitrogens with zero attached hydrogens (tertiary/aromatic N) is 1. The van der Waals surface area contributed by atoms with Gasteiger partial charge in [0.1, 0.15) is 4.90 Å². The van der Waals surface area contributed by atoms with Gasteiger partial charge in [0.15, 0.2) is 10.9 Å². The molecule has 0 unspecified atom stereocenters. The molecule has 1 amide bonds. The number of nitrogens with one attached hydrogen (secondary N) is 1. The van der Waals surface area contributed by atoms with E-state index in [1.165, 1.54) is 23.9 Å². The number of aliphatic imine (C=N–C) groups is 1. The summed E-state index contributed by atoms with van der Waals surface area (Å²) in [5.74, 6) is -0.154. The molecule has 0 spiro atoms. The summed E-state index contributed by atoms with van der Waals surface area (Å²) in [4.78, 5) is 17.4. The summed E-state index contributed by atoms with van der Waals surface area (Å²) in [6, 6.07) is 17.2. The van der Waals surface area contributed by atoms with Gasteiger partial charge in [-0.05, 0) is 111 Å². The standard InChI is InChI=1S/C23H15Br3N2O4S2/c1-13-2-8-17(9-3-13)34(30,31)32-21-18(25)10-14(11-19(21)26)12-20-22(29)28-23(33-20)27-16-6-4-15(24)5-7-16/h2-12H,1H3,(H,27,28,29)/b20-12-. The minimum Gasteiger partial charge on any atom is -0.377 e. The predicted molar refractivity (Wildman–Crippen MR) is 146 cm³/mol. The lowest BCUT2D eigenvalue weighted by Gasteiger charge is -2.11. The van der Waals surface area contributed by atoms with Crippen LogP contribution in [0.15, 0.2) is 88.9 Å². The van der Waals surface area contributed by atoms with Crippen LogP contribution >= 0.6 is 59.6 Å². The maximum Gasteiger partial charge on any atom is 0.339 e. The van der Waals surface area contributed by atoms with Crippen molar-refractivity contribution < 1.29 is 17.4 Å². The molecule has 0 bridgehead atoms. The first-order chi connectivity index (χ1) is 16.1. The van der Waals surface area contributed by atoms with Crippen molar-refractivity contribution in [2.45, 2.75) is 11.8 Å². The van der Waals surface area contributed by atoms with Crippen LogP contribution in [0.25, 0.3) is 6.08 Å². The first kappa shape index (κ1) is 25.2. The Morgan fingerprint density at radius 3 is 2.21 bits per heavy atom. The number of thioether (sulfide) groups is 1. The molecule has 0 atom stereocenters. The van der Waals surface area contributed by atoms with E-state index in [0.29, 0.717) is 30.3 Å². The fraction of sp³-hybridized carbons (Fsp3) is 0.0435. The summed E-state index contributed by atoms with van der Waals surface area (Å²) in [7, 11) is -4.02. The number of hydrogen-bond donors (Lipinski definition) is 1. The van der Waals surface area contributed by atoms with E-state index in [9.17, 15) is 13.2 Å². The topological polar surface area (TPSA) is 84.8 Å². The van der Waals surface area contributed by atoms with Crippen molar-refractivity contribution >= 4 is 92.5 Å². The Bertz CT molecular complexity index is 1410. The zero-order chi connectivity index (χ0) is 24.5. The van der Waals surface area contributed by atoms with Gasteiger partial charge in [-0.15, -0.1) is 0 Å². The average Bonchev–Trinajstić information content (AvgIpc) is 3.11. The van der Waals surface area contributed by atoms with Crippen LogP contribution in [0.1, 0.15) is 11.1 Å². The Labute approximate surface area is 226 Å². The van der Waals surface area contributed by atoms with Crippen LogP contribution in [0.5, 0.6) is 5.75 Å². The van der Waals surface area contributed by atoms with E-state index in [2.05, 4.69) is 58.1 Å². The predicted octanol–water partition coefficient (Wildman–Crippen LogP) is 6.94. The first-order valence-corrected chi connectivity index (χ1v) is 14.3. The molecule has 0 radical (unpaired) electrons. The van der Waals surface area contributed by atoms with E-state index in [0.717, 1.165) is 10.0 Å². The van der Waals surface area contributed by atoms with Gasteiger partial charge in [0.25, 0.3) is 5.91 Å². The molecule has 0 aliphatic carbocycles. The molecular weight excluding hydrogens is 672 g/mol. The average molecular weight is 687 g/mol. The number of amidine groups is 1. The van der Waals surface area contributed by atoms with E-state index < -0.39 is 10.1 Å². The quantitative estimate of drug-likeness (QED) is 0.232. The number of carbonyl (C=O) groups excluding carboxylic acids is 1. The molecule has 1 fully saturated rings. The van der Waals surface area contributed by atoms with Crippen LogP contribution in [0.2, 0.25) is 0 Å². The van der Waals surface area contributed by atoms with Gasteiger partial charge in [-0.3, -0.25) is 4.79 Å². The van der Waals surface area contributed by atoms with Crippen molar-refractivity contribution in [2.24, 2.45) is 4.99 Å². The van der Waals surface area contributed by atoms with Crippen molar-refractivity contribution in [3.63, 3.8) is 0 Å². The molecule has 4 rings (SSSR count). The number of hydrogen-bond acceptors (Lipinski definition) is 6. The van der Waals surface area contributed by atoms with E-state index in [4.69, 9.17) is 4.18 Å². The second-order valence-electron chi connectivity index (χ2n) is 7.12. The van der Waals surface area contributed by atoms with E-state index >= 15 is 0 Å². The van der Waals surface area contributed by atoms with Crippen LogP contribution in [-0.4, -0.2) is 19.5 Å². The van der Waals surface area contributed by atoms with Gasteiger partial charge in [0.05, 0.1) is 19.5 Å². The summed E-state index contributed by atoms with van der Waals surface area (Å²) in [5, 5.41) is 3.22. The fourth-order valence-corrected chi connectivity index (χ4v) is 6.54. The van der Waals surface area contributed by atoms with Crippen molar-refractivity contribution in [3.8, 4) is 5.75 Å². The number of benzene rings is 3. The highest BCUT2D eigenvalue weighted by molar-refractivity contribution is 9.11. The third kappa shape index (κ3) is 6.01. The summed E-state index contributed by atoms with van der Waals surface area (Å²) < 4.78 is 32.5. The number of carbonyl (C=O) groups is 1. The fourth-order valence-electron chi connectivity index (χ4n) is 2.87. The summed E-state index contributed by atoms with van der Waals surface area (Å²) in [6.45, 7) is 1.87. The van der Waals surface area contributed by atoms with Crippen molar-refractivity contribution in [3.05, 3.63) is 90.1 Å². The molecule has 3 aromatic rings. The normalized spacial score (nSPS) is 16.2. The summed E-state index contributed by atoms with van der Waals surface area (Å²) in [5.41, 5.74) is 2.33. The van der Waals surface area contributed by atoms with Crippen LogP contribution in [0.4, 0.5) is 5.69 Å². The van der Waals surface area contributed by atoms with E-state index in [1.54, 1.807) is 30.3 Å². The molecule has 1 aliphatic heterocycles. The number of amides is 1. The largest absolute Gasteiger partial charge is 0.377 e. The monoisotopic (exact) mass is 684 g/mol. The van der Waals surface area contributed by atoms with Crippen molar-refractivity contribution in [1.82, 2.24) is 5.32 Å². The smallest absolute Gasteiger partial charge is 0.339 e. The lowest BCUT2D eigenvalue weighted by molar-refractivity contribution is -0.115. The Kier molecular flexibility index (Phi) is 7.68. The highest BCUT2D eigenvalue weighted by atomic mass is 79.9. The van der Waals surface area contributed by atoms with Gasteiger partial charge in [-0.2, -0.15) is 8.42 Å². The molecule has 1 heterocycles. The summed E-state index contributed by atoms with van der Waals surface area (Å²) in [6.07, 6.45) is 1.69. The Morgan fingerprint density at radius 1 is 0.971 bits per heavy atom. The second-order valence-corrected chi connectivity index (χ2v) is 12.3. The third-order valence-electron chi connectivity index (χ3n) is 4.53. The Hall–Kier alpha value is -1.92. The lowest BCUT2D eigenvalue weighted by atomic mass is 10.2. The number of rotatable bonds is 5. The third-order valence-corrected chi connectivity index (χ3v) is 8.38. The van der Waals surface area contributed by atoms with Gasteiger partial charge in [-0.25, -0.2) is 4.99 Å². The minimum absolute atomic E-state index is 0.0553. The van der Waals surface area contributed by atoms with Gasteiger partial charge in [-0.1, -0.05) is 33.6 Å². The van der Waals surface area contributed by atoms with Crippen LogP contribution in [-0.2, 0) is 14.9 Å². The van der Waals surface area contributed by atoms with E-state index in [1.807, 2.05) is 31.2 Å². The highest BCUT2D eigenvalue weighted by Crippen LogP contribution is 2.38. The van der Waals surface area contributed by atoms with Gasteiger partial charge in [0, 0.05) is 4.47 Å². The summed E-state index contributed by atoms with van der Waals surface area (Å²) >= 11 is 11.4. The van der Waals surface area contributed by atoms with Crippen LogP contribution in [0.3, 0.4) is 0 Å². The number of aryl methyl sites for hydroxylation is 1. The molecule has 0 aromatic heterocycles. The molecule has 1 aliphatic rings. The maximum atomic E-state index is 12.7. The van der Waals surface area contributed by atoms with Gasteiger partial charge >= 0.3 is 10.1 Å².